The predicted molar refractivity (Wildman–Crippen MR) is 74.9 cm³/mol. The standard InChI is InChI=1S/C14H17ClN2O/c1-4-7-17(8-5-2)14(18)11-9-12(6-3)16-13(15)10-11/h4-5,9-10H,1-2,6-8H2,3H3. The maximum absolute atomic E-state index is 12.3. The van der Waals surface area contributed by atoms with Gasteiger partial charge in [-0.2, -0.15) is 0 Å². The molecule has 1 amide bonds. The Kier molecular flexibility index (Phi) is 5.59. The number of aryl methyl sites for hydroxylation is 1. The molecule has 0 atom stereocenters. The lowest BCUT2D eigenvalue weighted by molar-refractivity contribution is 0.0790. The lowest BCUT2D eigenvalue weighted by Gasteiger charge is -2.19. The van der Waals surface area contributed by atoms with E-state index in [1.165, 1.54) is 0 Å². The van der Waals surface area contributed by atoms with Gasteiger partial charge in [-0.3, -0.25) is 4.79 Å². The molecule has 18 heavy (non-hydrogen) atoms. The van der Waals surface area contributed by atoms with Crippen molar-refractivity contribution in [1.82, 2.24) is 9.88 Å². The van der Waals surface area contributed by atoms with Crippen molar-refractivity contribution in [3.8, 4) is 0 Å². The van der Waals surface area contributed by atoms with Gasteiger partial charge in [-0.05, 0) is 18.6 Å². The van der Waals surface area contributed by atoms with Crippen LogP contribution in [0.5, 0.6) is 0 Å². The topological polar surface area (TPSA) is 33.2 Å². The summed E-state index contributed by atoms with van der Waals surface area (Å²) in [5.74, 6) is -0.0891. The minimum Gasteiger partial charge on any atom is -0.331 e. The zero-order valence-electron chi connectivity index (χ0n) is 10.5. The van der Waals surface area contributed by atoms with Gasteiger partial charge in [0.05, 0.1) is 0 Å². The third-order valence-electron chi connectivity index (χ3n) is 2.44. The molecule has 4 heteroatoms. The van der Waals surface area contributed by atoms with E-state index in [-0.39, 0.29) is 5.91 Å². The lowest BCUT2D eigenvalue weighted by atomic mass is 10.1. The summed E-state index contributed by atoms with van der Waals surface area (Å²) in [6, 6.07) is 3.36. The second-order valence-electron chi connectivity index (χ2n) is 3.81. The Bertz CT molecular complexity index is 447. The summed E-state index contributed by atoms with van der Waals surface area (Å²) in [6.07, 6.45) is 4.11. The van der Waals surface area contributed by atoms with E-state index in [2.05, 4.69) is 18.1 Å². The molecule has 0 aliphatic rings. The van der Waals surface area contributed by atoms with Crippen LogP contribution in [0, 0.1) is 0 Å². The number of halogens is 1. The fourth-order valence-electron chi connectivity index (χ4n) is 1.59. The Balaban J connectivity index is 3.03. The highest BCUT2D eigenvalue weighted by Crippen LogP contribution is 2.13. The van der Waals surface area contributed by atoms with Crippen LogP contribution in [-0.2, 0) is 6.42 Å². The fourth-order valence-corrected chi connectivity index (χ4v) is 1.82. The molecule has 1 aromatic rings. The van der Waals surface area contributed by atoms with Crippen molar-refractivity contribution in [3.63, 3.8) is 0 Å². The van der Waals surface area contributed by atoms with Gasteiger partial charge in [-0.25, -0.2) is 4.98 Å². The van der Waals surface area contributed by atoms with E-state index in [4.69, 9.17) is 11.6 Å². The Morgan fingerprint density at radius 3 is 2.50 bits per heavy atom. The van der Waals surface area contributed by atoms with Gasteiger partial charge >= 0.3 is 0 Å². The monoisotopic (exact) mass is 264 g/mol. The van der Waals surface area contributed by atoms with Crippen LogP contribution in [0.2, 0.25) is 5.15 Å². The van der Waals surface area contributed by atoms with Gasteiger partial charge in [-0.15, -0.1) is 13.2 Å². The van der Waals surface area contributed by atoms with Gasteiger partial charge in [0.2, 0.25) is 0 Å². The molecule has 0 saturated heterocycles. The molecular weight excluding hydrogens is 248 g/mol. The molecule has 0 saturated carbocycles. The van der Waals surface area contributed by atoms with E-state index >= 15 is 0 Å². The molecule has 0 aliphatic heterocycles. The van der Waals surface area contributed by atoms with Crippen LogP contribution in [0.3, 0.4) is 0 Å². The van der Waals surface area contributed by atoms with Crippen molar-refractivity contribution in [3.05, 3.63) is 53.9 Å². The number of aromatic nitrogens is 1. The number of carbonyl (C=O) groups is 1. The van der Waals surface area contributed by atoms with Crippen LogP contribution in [0.1, 0.15) is 23.0 Å². The van der Waals surface area contributed by atoms with E-state index < -0.39 is 0 Å². The number of nitrogens with zero attached hydrogens (tertiary/aromatic N) is 2. The van der Waals surface area contributed by atoms with E-state index in [9.17, 15) is 4.79 Å². The average molecular weight is 265 g/mol. The molecule has 1 heterocycles. The minimum atomic E-state index is -0.0891. The van der Waals surface area contributed by atoms with E-state index in [0.29, 0.717) is 23.8 Å². The van der Waals surface area contributed by atoms with Crippen LogP contribution in [0.25, 0.3) is 0 Å². The van der Waals surface area contributed by atoms with Gasteiger partial charge in [0.1, 0.15) is 5.15 Å². The number of carbonyl (C=O) groups excluding carboxylic acids is 1. The number of hydrogen-bond acceptors (Lipinski definition) is 2. The normalized spacial score (nSPS) is 9.89. The van der Waals surface area contributed by atoms with Crippen LogP contribution in [0.15, 0.2) is 37.4 Å². The summed E-state index contributed by atoms with van der Waals surface area (Å²) in [5, 5.41) is 0.342. The molecular formula is C14H17ClN2O. The first-order valence-electron chi connectivity index (χ1n) is 5.79. The van der Waals surface area contributed by atoms with Crippen molar-refractivity contribution in [1.29, 1.82) is 0 Å². The molecule has 0 fully saturated rings. The van der Waals surface area contributed by atoms with Crippen LogP contribution < -0.4 is 0 Å². The highest BCUT2D eigenvalue weighted by atomic mass is 35.5. The van der Waals surface area contributed by atoms with Crippen molar-refractivity contribution in [2.45, 2.75) is 13.3 Å². The second-order valence-corrected chi connectivity index (χ2v) is 4.20. The maximum atomic E-state index is 12.3. The Hall–Kier alpha value is -1.61. The molecule has 3 nitrogen and oxygen atoms in total. The maximum Gasteiger partial charge on any atom is 0.254 e. The van der Waals surface area contributed by atoms with Crippen molar-refractivity contribution in [2.24, 2.45) is 0 Å². The summed E-state index contributed by atoms with van der Waals surface area (Å²) in [7, 11) is 0. The van der Waals surface area contributed by atoms with Crippen molar-refractivity contribution in [2.75, 3.05) is 13.1 Å². The van der Waals surface area contributed by atoms with Gasteiger partial charge < -0.3 is 4.90 Å². The molecule has 1 aromatic heterocycles. The van der Waals surface area contributed by atoms with Crippen molar-refractivity contribution >= 4 is 17.5 Å². The van der Waals surface area contributed by atoms with Gasteiger partial charge in [0, 0.05) is 24.3 Å². The largest absolute Gasteiger partial charge is 0.331 e. The van der Waals surface area contributed by atoms with E-state index in [0.717, 1.165) is 12.1 Å². The van der Waals surface area contributed by atoms with Crippen LogP contribution in [-0.4, -0.2) is 28.9 Å². The van der Waals surface area contributed by atoms with Gasteiger partial charge in [0.25, 0.3) is 5.91 Å². The number of rotatable bonds is 6. The lowest BCUT2D eigenvalue weighted by Crippen LogP contribution is -2.31. The summed E-state index contributed by atoms with van der Waals surface area (Å²) in [6.45, 7) is 10.2. The highest BCUT2D eigenvalue weighted by molar-refractivity contribution is 6.29. The van der Waals surface area contributed by atoms with E-state index in [1.807, 2.05) is 6.92 Å². The summed E-state index contributed by atoms with van der Waals surface area (Å²) in [4.78, 5) is 18.1. The van der Waals surface area contributed by atoms with Crippen LogP contribution in [0.4, 0.5) is 0 Å². The summed E-state index contributed by atoms with van der Waals surface area (Å²) < 4.78 is 0. The first-order valence-corrected chi connectivity index (χ1v) is 6.17. The number of pyridine rings is 1. The zero-order chi connectivity index (χ0) is 13.5. The molecule has 0 aliphatic carbocycles. The molecule has 0 spiro atoms. The van der Waals surface area contributed by atoms with E-state index in [1.54, 1.807) is 29.2 Å². The number of amides is 1. The molecule has 96 valence electrons. The molecule has 0 radical (unpaired) electrons. The first kappa shape index (κ1) is 14.5. The highest BCUT2D eigenvalue weighted by Gasteiger charge is 2.14. The summed E-state index contributed by atoms with van der Waals surface area (Å²) in [5.41, 5.74) is 1.36. The predicted octanol–water partition coefficient (Wildman–Crippen LogP) is 3.11. The molecule has 0 bridgehead atoms. The quantitative estimate of drug-likeness (QED) is 0.584. The van der Waals surface area contributed by atoms with Gasteiger partial charge in [-0.1, -0.05) is 30.7 Å². The molecule has 1 rings (SSSR count). The summed E-state index contributed by atoms with van der Waals surface area (Å²) >= 11 is 5.91. The zero-order valence-corrected chi connectivity index (χ0v) is 11.3. The SMILES string of the molecule is C=CCN(CC=C)C(=O)c1cc(Cl)nc(CC)c1. The third kappa shape index (κ3) is 3.70. The Labute approximate surface area is 113 Å². The molecule has 0 aromatic carbocycles. The second kappa shape index (κ2) is 6.97. The Morgan fingerprint density at radius 2 is 2.00 bits per heavy atom. The third-order valence-corrected chi connectivity index (χ3v) is 2.64. The average Bonchev–Trinajstić information content (AvgIpc) is 2.36. The minimum absolute atomic E-state index is 0.0891. The molecule has 0 N–H and O–H groups in total. The molecule has 0 unspecified atom stereocenters. The van der Waals surface area contributed by atoms with Gasteiger partial charge in [0.15, 0.2) is 0 Å². The van der Waals surface area contributed by atoms with Crippen LogP contribution >= 0.6 is 11.6 Å². The first-order chi connectivity index (χ1) is 8.62. The fraction of sp³-hybridized carbons (Fsp3) is 0.286. The van der Waals surface area contributed by atoms with Crippen molar-refractivity contribution < 1.29 is 4.79 Å². The Morgan fingerprint density at radius 1 is 1.39 bits per heavy atom. The number of hydrogen-bond donors (Lipinski definition) is 0. The smallest absolute Gasteiger partial charge is 0.254 e.